The fraction of sp³-hybridized carbons (Fsp3) is 0.375. The van der Waals surface area contributed by atoms with Gasteiger partial charge in [-0.1, -0.05) is 43.9 Å². The van der Waals surface area contributed by atoms with Crippen molar-refractivity contribution in [3.8, 4) is 0 Å². The van der Waals surface area contributed by atoms with Crippen LogP contribution in [0.4, 0.5) is 0 Å². The normalized spacial score (nSPS) is 20.6. The molecule has 0 aromatic heterocycles. The summed E-state index contributed by atoms with van der Waals surface area (Å²) >= 11 is 0. The van der Waals surface area contributed by atoms with Crippen LogP contribution in [0.25, 0.3) is 0 Å². The summed E-state index contributed by atoms with van der Waals surface area (Å²) in [5.74, 6) is -0.0479. The van der Waals surface area contributed by atoms with Crippen LogP contribution in [0.3, 0.4) is 0 Å². The number of carbonyl (C=O) groups excluding carboxylic acids is 1. The fourth-order valence-corrected chi connectivity index (χ4v) is 2.57. The van der Waals surface area contributed by atoms with Crippen molar-refractivity contribution in [2.45, 2.75) is 25.5 Å². The highest BCUT2D eigenvalue weighted by molar-refractivity contribution is 6.00. The summed E-state index contributed by atoms with van der Waals surface area (Å²) in [7, 11) is 1.44. The summed E-state index contributed by atoms with van der Waals surface area (Å²) in [6, 6.07) is 7.02. The molecule has 0 spiro atoms. The van der Waals surface area contributed by atoms with Gasteiger partial charge in [0.2, 0.25) is 5.72 Å². The third-order valence-corrected chi connectivity index (χ3v) is 3.59. The van der Waals surface area contributed by atoms with Gasteiger partial charge < -0.3 is 9.84 Å². The Labute approximate surface area is 119 Å². The number of fused-ring (bicyclic) bond motifs is 1. The van der Waals surface area contributed by atoms with Crippen LogP contribution < -0.4 is 0 Å². The molecule has 0 aliphatic carbocycles. The Morgan fingerprint density at radius 3 is 2.80 bits per heavy atom. The molecule has 4 heteroatoms. The molecule has 1 atom stereocenters. The first-order valence-electron chi connectivity index (χ1n) is 6.69. The Hall–Kier alpha value is -2.03. The van der Waals surface area contributed by atoms with Gasteiger partial charge in [0, 0.05) is 17.7 Å². The molecule has 0 bridgehead atoms. The highest BCUT2D eigenvalue weighted by Crippen LogP contribution is 2.42. The van der Waals surface area contributed by atoms with Gasteiger partial charge in [0.1, 0.15) is 0 Å². The number of amides is 1. The largest absolute Gasteiger partial charge is 0.488 e. The van der Waals surface area contributed by atoms with Crippen LogP contribution in [0.2, 0.25) is 0 Å². The van der Waals surface area contributed by atoms with Gasteiger partial charge >= 0.3 is 0 Å². The van der Waals surface area contributed by atoms with E-state index >= 15 is 0 Å². The van der Waals surface area contributed by atoms with Crippen LogP contribution in [0, 0.1) is 0 Å². The number of benzene rings is 1. The average molecular weight is 273 g/mol. The van der Waals surface area contributed by atoms with Gasteiger partial charge in [0.15, 0.2) is 5.76 Å². The third-order valence-electron chi connectivity index (χ3n) is 3.59. The molecule has 106 valence electrons. The van der Waals surface area contributed by atoms with Crippen LogP contribution in [0.15, 0.2) is 42.3 Å². The van der Waals surface area contributed by atoms with Crippen molar-refractivity contribution in [2.24, 2.45) is 0 Å². The first-order valence-corrected chi connectivity index (χ1v) is 6.69. The highest BCUT2D eigenvalue weighted by Gasteiger charge is 2.52. The van der Waals surface area contributed by atoms with Crippen LogP contribution in [0.5, 0.6) is 0 Å². The van der Waals surface area contributed by atoms with E-state index in [9.17, 15) is 9.90 Å². The van der Waals surface area contributed by atoms with Crippen LogP contribution >= 0.6 is 0 Å². The van der Waals surface area contributed by atoms with E-state index in [2.05, 4.69) is 12.3 Å². The summed E-state index contributed by atoms with van der Waals surface area (Å²) in [5, 5.41) is 11.1. The van der Waals surface area contributed by atoms with E-state index in [-0.39, 0.29) is 11.7 Å². The molecule has 0 radical (unpaired) electrons. The van der Waals surface area contributed by atoms with Gasteiger partial charge in [0.25, 0.3) is 5.91 Å². The van der Waals surface area contributed by atoms with E-state index in [0.29, 0.717) is 17.7 Å². The van der Waals surface area contributed by atoms with Crippen LogP contribution in [0.1, 0.15) is 35.7 Å². The summed E-state index contributed by atoms with van der Waals surface area (Å²) in [5.41, 5.74) is 2.01. The molecular formula is C16H19NO3. The molecule has 1 amide bonds. The molecule has 4 nitrogen and oxygen atoms in total. The number of unbranched alkanes of at least 4 members (excludes halogenated alkanes) is 1. The molecular weight excluding hydrogens is 254 g/mol. The Kier molecular flexibility index (Phi) is 3.98. The number of rotatable bonds is 5. The molecule has 1 aromatic rings. The van der Waals surface area contributed by atoms with Gasteiger partial charge in [-0.25, -0.2) is 0 Å². The second-order valence-corrected chi connectivity index (χ2v) is 4.74. The minimum absolute atomic E-state index is 0.145. The molecule has 0 saturated carbocycles. The van der Waals surface area contributed by atoms with Gasteiger partial charge in [-0.2, -0.15) is 0 Å². The minimum atomic E-state index is -1.61. The van der Waals surface area contributed by atoms with E-state index in [1.807, 2.05) is 6.92 Å². The van der Waals surface area contributed by atoms with Crippen molar-refractivity contribution in [1.29, 1.82) is 0 Å². The van der Waals surface area contributed by atoms with Crippen molar-refractivity contribution in [2.75, 3.05) is 13.7 Å². The summed E-state index contributed by atoms with van der Waals surface area (Å²) in [6.45, 7) is 6.04. The zero-order valence-electron chi connectivity index (χ0n) is 11.8. The molecule has 1 aliphatic rings. The molecule has 0 fully saturated rings. The van der Waals surface area contributed by atoms with E-state index in [1.165, 1.54) is 12.0 Å². The number of methoxy groups -OCH3 is 1. The molecule has 0 saturated heterocycles. The monoisotopic (exact) mass is 273 g/mol. The first kappa shape index (κ1) is 14.4. The zero-order chi connectivity index (χ0) is 14.8. The van der Waals surface area contributed by atoms with Crippen molar-refractivity contribution >= 4 is 5.91 Å². The van der Waals surface area contributed by atoms with Gasteiger partial charge in [-0.15, -0.1) is 0 Å². The second-order valence-electron chi connectivity index (χ2n) is 4.74. The molecule has 1 heterocycles. The number of hydrogen-bond acceptors (Lipinski definition) is 3. The fourth-order valence-electron chi connectivity index (χ4n) is 2.57. The second kappa shape index (κ2) is 5.53. The maximum atomic E-state index is 12.5. The van der Waals surface area contributed by atoms with Gasteiger partial charge in [0.05, 0.1) is 7.11 Å². The summed E-state index contributed by atoms with van der Waals surface area (Å²) in [6.07, 6.45) is 1.73. The van der Waals surface area contributed by atoms with E-state index < -0.39 is 5.72 Å². The van der Waals surface area contributed by atoms with E-state index in [1.54, 1.807) is 24.3 Å². The Bertz CT molecular complexity index is 575. The van der Waals surface area contributed by atoms with E-state index in [0.717, 1.165) is 12.8 Å². The van der Waals surface area contributed by atoms with Gasteiger partial charge in [-0.3, -0.25) is 9.69 Å². The van der Waals surface area contributed by atoms with Gasteiger partial charge in [-0.05, 0) is 12.5 Å². The molecule has 1 N–H and O–H groups in total. The standard InChI is InChI=1S/C16H19NO3/c1-4-6-11-17-15(18)12-9-7-8-10-13(12)16(17,19)14(5-2)20-3/h7-10,19H,2,4,6,11H2,1,3H3. The molecule has 2 rings (SSSR count). The molecule has 1 aromatic carbocycles. The predicted molar refractivity (Wildman–Crippen MR) is 75.9 cm³/mol. The predicted octanol–water partition coefficient (Wildman–Crippen LogP) is 2.40. The van der Waals surface area contributed by atoms with Crippen molar-refractivity contribution in [1.82, 2.24) is 4.90 Å². The number of nitrogens with zero attached hydrogens (tertiary/aromatic N) is 1. The zero-order valence-corrected chi connectivity index (χ0v) is 11.8. The maximum Gasteiger partial charge on any atom is 0.257 e. The van der Waals surface area contributed by atoms with E-state index in [4.69, 9.17) is 4.74 Å². The topological polar surface area (TPSA) is 49.8 Å². The number of carbonyl (C=O) groups is 1. The van der Waals surface area contributed by atoms with Crippen LogP contribution in [-0.4, -0.2) is 29.6 Å². The Balaban J connectivity index is 2.59. The Morgan fingerprint density at radius 1 is 1.50 bits per heavy atom. The number of hydrogen-bond donors (Lipinski definition) is 1. The van der Waals surface area contributed by atoms with Crippen molar-refractivity contribution in [3.63, 3.8) is 0 Å². The minimum Gasteiger partial charge on any atom is -0.488 e. The lowest BCUT2D eigenvalue weighted by molar-refractivity contribution is -0.0856. The van der Waals surface area contributed by atoms with Crippen LogP contribution in [-0.2, 0) is 10.5 Å². The quantitative estimate of drug-likeness (QED) is 0.662. The molecule has 1 unspecified atom stereocenters. The SMILES string of the molecule is C=C=C(OC)C1(O)c2ccccc2C(=O)N1CCCC. The lowest BCUT2D eigenvalue weighted by atomic mass is 9.99. The molecule has 20 heavy (non-hydrogen) atoms. The first-order chi connectivity index (χ1) is 9.61. The summed E-state index contributed by atoms with van der Waals surface area (Å²) in [4.78, 5) is 13.9. The van der Waals surface area contributed by atoms with Crippen molar-refractivity contribution < 1.29 is 14.6 Å². The number of aliphatic hydroxyl groups is 1. The average Bonchev–Trinajstić information content (AvgIpc) is 2.68. The third kappa shape index (κ3) is 1.94. The Morgan fingerprint density at radius 2 is 2.20 bits per heavy atom. The number of ether oxygens (including phenoxy) is 1. The lowest BCUT2D eigenvalue weighted by Gasteiger charge is -2.34. The maximum absolute atomic E-state index is 12.5. The summed E-state index contributed by atoms with van der Waals surface area (Å²) < 4.78 is 5.20. The van der Waals surface area contributed by atoms with Crippen molar-refractivity contribution in [3.05, 3.63) is 53.5 Å². The highest BCUT2D eigenvalue weighted by atomic mass is 16.5. The molecule has 1 aliphatic heterocycles. The smallest absolute Gasteiger partial charge is 0.257 e. The lowest BCUT2D eigenvalue weighted by Crippen LogP contribution is -2.46.